The molecule has 5 nitrogen and oxygen atoms in total. The zero-order chi connectivity index (χ0) is 7.72. The molecule has 0 spiro atoms. The van der Waals surface area contributed by atoms with Crippen LogP contribution < -0.4 is 0 Å². The molecule has 0 saturated heterocycles. The molecule has 0 amide bonds. The Hall–Kier alpha value is -1.17. The van der Waals surface area contributed by atoms with Crippen LogP contribution in [0.2, 0.25) is 0 Å². The standard InChI is InChI=1S/C4H4N3O2S/c1-7-4(10)5-2(6-7)3(8)9/h1H3,(H,8,9). The number of hydrogen-bond acceptors (Lipinski definition) is 3. The number of aromatic nitrogens is 3. The second-order valence-electron chi connectivity index (χ2n) is 1.65. The third kappa shape index (κ3) is 1.06. The summed E-state index contributed by atoms with van der Waals surface area (Å²) in [5.41, 5.74) is 0. The van der Waals surface area contributed by atoms with E-state index in [-0.39, 0.29) is 11.0 Å². The molecule has 53 valence electrons. The Morgan fingerprint density at radius 2 is 2.40 bits per heavy atom. The van der Waals surface area contributed by atoms with Gasteiger partial charge in [-0.3, -0.25) is 0 Å². The smallest absolute Gasteiger partial charge is 0.375 e. The SMILES string of the molecule is Cn1nc(C(=O)O)nc1[S]. The van der Waals surface area contributed by atoms with Crippen molar-refractivity contribution in [3.63, 3.8) is 0 Å². The highest BCUT2D eigenvalue weighted by atomic mass is 32.1. The zero-order valence-corrected chi connectivity index (χ0v) is 5.92. The van der Waals surface area contributed by atoms with Crippen molar-refractivity contribution in [1.82, 2.24) is 14.8 Å². The van der Waals surface area contributed by atoms with Crippen LogP contribution in [0.3, 0.4) is 0 Å². The Balaban J connectivity index is 3.10. The molecule has 0 atom stereocenters. The largest absolute Gasteiger partial charge is 0.475 e. The topological polar surface area (TPSA) is 68.0 Å². The number of nitrogens with zero attached hydrogens (tertiary/aromatic N) is 3. The minimum atomic E-state index is -1.16. The molecule has 0 aliphatic rings. The number of rotatable bonds is 1. The Morgan fingerprint density at radius 1 is 1.80 bits per heavy atom. The molecular weight excluding hydrogens is 154 g/mol. The molecule has 0 aliphatic carbocycles. The minimum Gasteiger partial charge on any atom is -0.475 e. The lowest BCUT2D eigenvalue weighted by atomic mass is 10.7. The minimum absolute atomic E-state index is 0.178. The van der Waals surface area contributed by atoms with Crippen LogP contribution in [0.15, 0.2) is 5.16 Å². The fourth-order valence-electron chi connectivity index (χ4n) is 0.461. The summed E-state index contributed by atoms with van der Waals surface area (Å²) in [6, 6.07) is 0. The molecule has 6 heteroatoms. The number of carbonyl (C=O) groups is 1. The molecule has 1 aromatic heterocycles. The average Bonchev–Trinajstić information content (AvgIpc) is 2.13. The maximum atomic E-state index is 10.2. The van der Waals surface area contributed by atoms with E-state index >= 15 is 0 Å². The molecule has 0 saturated carbocycles. The summed E-state index contributed by atoms with van der Waals surface area (Å²) in [4.78, 5) is 13.7. The average molecular weight is 158 g/mol. The van der Waals surface area contributed by atoms with Crippen LogP contribution in [0, 0.1) is 0 Å². The van der Waals surface area contributed by atoms with Crippen LogP contribution in [-0.4, -0.2) is 25.8 Å². The van der Waals surface area contributed by atoms with Crippen LogP contribution in [0.25, 0.3) is 0 Å². The molecule has 1 rings (SSSR count). The molecule has 1 aromatic rings. The third-order valence-electron chi connectivity index (χ3n) is 0.914. The van der Waals surface area contributed by atoms with E-state index in [1.54, 1.807) is 7.05 Å². The highest BCUT2D eigenvalue weighted by Gasteiger charge is 2.10. The van der Waals surface area contributed by atoms with Crippen molar-refractivity contribution in [2.45, 2.75) is 5.16 Å². The first kappa shape index (κ1) is 6.94. The van der Waals surface area contributed by atoms with Gasteiger partial charge in [0.05, 0.1) is 0 Å². The van der Waals surface area contributed by atoms with Gasteiger partial charge in [-0.15, -0.1) is 5.10 Å². The van der Waals surface area contributed by atoms with E-state index in [0.717, 1.165) is 0 Å². The molecule has 0 fully saturated rings. The van der Waals surface area contributed by atoms with Gasteiger partial charge in [0.1, 0.15) is 0 Å². The van der Waals surface area contributed by atoms with Gasteiger partial charge in [-0.25, -0.2) is 9.48 Å². The highest BCUT2D eigenvalue weighted by molar-refractivity contribution is 7.80. The van der Waals surface area contributed by atoms with Crippen LogP contribution in [0.1, 0.15) is 10.6 Å². The normalized spacial score (nSPS) is 9.70. The molecule has 0 unspecified atom stereocenters. The fourth-order valence-corrected chi connectivity index (χ4v) is 0.588. The summed E-state index contributed by atoms with van der Waals surface area (Å²) in [6.07, 6.45) is 0. The van der Waals surface area contributed by atoms with Crippen molar-refractivity contribution in [3.8, 4) is 0 Å². The third-order valence-corrected chi connectivity index (χ3v) is 1.27. The molecular formula is C4H4N3O2S. The molecule has 10 heavy (non-hydrogen) atoms. The molecule has 1 radical (unpaired) electrons. The molecule has 0 aliphatic heterocycles. The first-order valence-corrected chi connectivity index (χ1v) is 2.83. The van der Waals surface area contributed by atoms with E-state index in [2.05, 4.69) is 22.7 Å². The number of hydrogen-bond donors (Lipinski definition) is 1. The maximum Gasteiger partial charge on any atom is 0.375 e. The van der Waals surface area contributed by atoms with Crippen LogP contribution in [0.5, 0.6) is 0 Å². The van der Waals surface area contributed by atoms with Gasteiger partial charge < -0.3 is 5.11 Å². The predicted octanol–water partition coefficient (Wildman–Crippen LogP) is 0.0697. The lowest BCUT2D eigenvalue weighted by Crippen LogP contribution is -2.00. The second-order valence-corrected chi connectivity index (χ2v) is 2.01. The first-order valence-electron chi connectivity index (χ1n) is 2.42. The lowest BCUT2D eigenvalue weighted by molar-refractivity contribution is 0.0683. The van der Waals surface area contributed by atoms with Crippen LogP contribution in [-0.2, 0) is 7.05 Å². The summed E-state index contributed by atoms with van der Waals surface area (Å²) >= 11 is 4.62. The highest BCUT2D eigenvalue weighted by Crippen LogP contribution is 1.99. The van der Waals surface area contributed by atoms with E-state index in [1.165, 1.54) is 4.68 Å². The van der Waals surface area contributed by atoms with Crippen LogP contribution >= 0.6 is 12.6 Å². The summed E-state index contributed by atoms with van der Waals surface area (Å²) in [7, 11) is 1.54. The Morgan fingerprint density at radius 3 is 2.60 bits per heavy atom. The molecule has 0 aromatic carbocycles. The van der Waals surface area contributed by atoms with E-state index in [9.17, 15) is 4.79 Å². The van der Waals surface area contributed by atoms with Crippen molar-refractivity contribution in [2.24, 2.45) is 7.05 Å². The fraction of sp³-hybridized carbons (Fsp3) is 0.250. The quantitative estimate of drug-likeness (QED) is 0.628. The van der Waals surface area contributed by atoms with E-state index < -0.39 is 5.97 Å². The predicted molar refractivity (Wildman–Crippen MR) is 33.8 cm³/mol. The Kier molecular flexibility index (Phi) is 1.54. The van der Waals surface area contributed by atoms with Crippen molar-refractivity contribution < 1.29 is 9.90 Å². The van der Waals surface area contributed by atoms with Gasteiger partial charge in [0.25, 0.3) is 5.82 Å². The van der Waals surface area contributed by atoms with Crippen molar-refractivity contribution in [3.05, 3.63) is 5.82 Å². The summed E-state index contributed by atoms with van der Waals surface area (Å²) in [5, 5.41) is 12.0. The van der Waals surface area contributed by atoms with Gasteiger partial charge in [-0.1, -0.05) is 0 Å². The van der Waals surface area contributed by atoms with Crippen LogP contribution in [0.4, 0.5) is 0 Å². The van der Waals surface area contributed by atoms with Crippen molar-refractivity contribution in [1.29, 1.82) is 0 Å². The number of aromatic carboxylic acids is 1. The lowest BCUT2D eigenvalue weighted by Gasteiger charge is -1.82. The zero-order valence-electron chi connectivity index (χ0n) is 5.11. The second kappa shape index (κ2) is 2.22. The van der Waals surface area contributed by atoms with Gasteiger partial charge in [-0.2, -0.15) is 4.98 Å². The van der Waals surface area contributed by atoms with Gasteiger partial charge in [0.2, 0.25) is 5.16 Å². The number of aryl methyl sites for hydroxylation is 1. The first-order chi connectivity index (χ1) is 4.61. The molecule has 0 bridgehead atoms. The summed E-state index contributed by atoms with van der Waals surface area (Å²) in [6.45, 7) is 0. The van der Waals surface area contributed by atoms with Crippen molar-refractivity contribution >= 4 is 18.6 Å². The van der Waals surface area contributed by atoms with Gasteiger partial charge >= 0.3 is 5.97 Å². The number of carboxylic acid groups (broad SMARTS) is 1. The maximum absolute atomic E-state index is 10.2. The summed E-state index contributed by atoms with van der Waals surface area (Å²) in [5.74, 6) is -1.42. The number of carboxylic acids is 1. The van der Waals surface area contributed by atoms with Crippen molar-refractivity contribution in [2.75, 3.05) is 0 Å². The monoisotopic (exact) mass is 158 g/mol. The van der Waals surface area contributed by atoms with E-state index in [1.807, 2.05) is 0 Å². The Bertz CT molecular complexity index is 250. The Labute approximate surface area is 62.1 Å². The van der Waals surface area contributed by atoms with E-state index in [4.69, 9.17) is 5.11 Å². The molecule has 1 N–H and O–H groups in total. The van der Waals surface area contributed by atoms with Gasteiger partial charge in [0, 0.05) is 7.05 Å². The van der Waals surface area contributed by atoms with Gasteiger partial charge in [-0.05, 0) is 12.6 Å². The summed E-state index contributed by atoms with van der Waals surface area (Å²) < 4.78 is 1.23. The van der Waals surface area contributed by atoms with Gasteiger partial charge in [0.15, 0.2) is 0 Å². The van der Waals surface area contributed by atoms with E-state index in [0.29, 0.717) is 0 Å². The molecule has 1 heterocycles.